The van der Waals surface area contributed by atoms with Crippen molar-refractivity contribution < 1.29 is 19.4 Å². The lowest BCUT2D eigenvalue weighted by Crippen LogP contribution is -2.34. The van der Waals surface area contributed by atoms with Gasteiger partial charge < -0.3 is 14.7 Å². The molecule has 0 aromatic heterocycles. The predicted molar refractivity (Wildman–Crippen MR) is 77.5 cm³/mol. The quantitative estimate of drug-likeness (QED) is 0.925. The minimum atomic E-state index is -0.863. The highest BCUT2D eigenvalue weighted by Crippen LogP contribution is 2.42. The zero-order chi connectivity index (χ0) is 15.0. The van der Waals surface area contributed by atoms with Crippen molar-refractivity contribution in [1.82, 2.24) is 0 Å². The Morgan fingerprint density at radius 3 is 2.76 bits per heavy atom. The number of carboxylic acid groups (broad SMARTS) is 1. The van der Waals surface area contributed by atoms with Crippen LogP contribution in [0.5, 0.6) is 5.75 Å². The Kier molecular flexibility index (Phi) is 3.57. The highest BCUT2D eigenvalue weighted by Gasteiger charge is 2.50. The zero-order valence-corrected chi connectivity index (χ0v) is 12.0. The van der Waals surface area contributed by atoms with Gasteiger partial charge in [0.15, 0.2) is 0 Å². The van der Waals surface area contributed by atoms with E-state index in [0.717, 1.165) is 36.3 Å². The maximum Gasteiger partial charge on any atom is 0.307 e. The first-order valence-electron chi connectivity index (χ1n) is 7.33. The Morgan fingerprint density at radius 2 is 2.10 bits per heavy atom. The first-order valence-corrected chi connectivity index (χ1v) is 7.33. The number of methoxy groups -OCH3 is 1. The molecular weight excluding hydrogens is 270 g/mol. The van der Waals surface area contributed by atoms with Crippen LogP contribution in [-0.2, 0) is 16.0 Å². The molecule has 1 saturated carbocycles. The first kappa shape index (κ1) is 13.9. The van der Waals surface area contributed by atoms with Gasteiger partial charge in [0.2, 0.25) is 5.91 Å². The third-order valence-electron chi connectivity index (χ3n) is 4.35. The average Bonchev–Trinajstić information content (AvgIpc) is 3.29. The van der Waals surface area contributed by atoms with Gasteiger partial charge in [0.1, 0.15) is 5.75 Å². The summed E-state index contributed by atoms with van der Waals surface area (Å²) in [7, 11) is 1.63. The van der Waals surface area contributed by atoms with Crippen LogP contribution < -0.4 is 9.64 Å². The van der Waals surface area contributed by atoms with Crippen LogP contribution in [0.2, 0.25) is 0 Å². The van der Waals surface area contributed by atoms with Gasteiger partial charge in [-0.05, 0) is 49.4 Å². The van der Waals surface area contributed by atoms with Crippen LogP contribution in [0.15, 0.2) is 18.2 Å². The van der Waals surface area contributed by atoms with Gasteiger partial charge in [0.05, 0.1) is 18.9 Å². The molecule has 2 atom stereocenters. The van der Waals surface area contributed by atoms with E-state index in [1.54, 1.807) is 12.0 Å². The van der Waals surface area contributed by atoms with Crippen molar-refractivity contribution in [2.45, 2.75) is 25.7 Å². The molecule has 1 aromatic carbocycles. The van der Waals surface area contributed by atoms with E-state index in [9.17, 15) is 9.59 Å². The molecule has 21 heavy (non-hydrogen) atoms. The molecule has 5 nitrogen and oxygen atoms in total. The molecule has 0 bridgehead atoms. The van der Waals surface area contributed by atoms with Gasteiger partial charge in [-0.1, -0.05) is 0 Å². The highest BCUT2D eigenvalue weighted by molar-refractivity contribution is 6.00. The number of carboxylic acids is 1. The third kappa shape index (κ3) is 2.60. The van der Waals surface area contributed by atoms with Gasteiger partial charge >= 0.3 is 5.97 Å². The molecule has 1 amide bonds. The molecule has 1 aliphatic heterocycles. The van der Waals surface area contributed by atoms with Crippen molar-refractivity contribution in [3.8, 4) is 5.75 Å². The van der Waals surface area contributed by atoms with Crippen molar-refractivity contribution in [3.63, 3.8) is 0 Å². The van der Waals surface area contributed by atoms with Crippen molar-refractivity contribution in [2.24, 2.45) is 11.8 Å². The van der Waals surface area contributed by atoms with Crippen LogP contribution in [-0.4, -0.2) is 30.6 Å². The smallest absolute Gasteiger partial charge is 0.307 e. The van der Waals surface area contributed by atoms with Gasteiger partial charge in [0.25, 0.3) is 0 Å². The Morgan fingerprint density at radius 1 is 1.29 bits per heavy atom. The van der Waals surface area contributed by atoms with Crippen LogP contribution in [0, 0.1) is 11.8 Å². The number of amides is 1. The molecule has 2 aliphatic rings. The van der Waals surface area contributed by atoms with Crippen LogP contribution >= 0.6 is 0 Å². The molecule has 0 spiro atoms. The summed E-state index contributed by atoms with van der Waals surface area (Å²) in [5, 5.41) is 9.00. The lowest BCUT2D eigenvalue weighted by Gasteiger charge is -2.23. The maximum atomic E-state index is 12.6. The molecule has 112 valence electrons. The summed E-state index contributed by atoms with van der Waals surface area (Å²) >= 11 is 0. The number of fused-ring (bicyclic) bond motifs is 1. The summed E-state index contributed by atoms with van der Waals surface area (Å²) in [6.07, 6.45) is 3.35. The number of aliphatic carboxylic acids is 1. The number of rotatable bonds is 3. The summed E-state index contributed by atoms with van der Waals surface area (Å²) in [4.78, 5) is 25.3. The number of nitrogens with zero attached hydrogens (tertiary/aromatic N) is 1. The maximum absolute atomic E-state index is 12.6. The third-order valence-corrected chi connectivity index (χ3v) is 4.35. The van der Waals surface area contributed by atoms with E-state index < -0.39 is 11.9 Å². The molecule has 5 heteroatoms. The van der Waals surface area contributed by atoms with Crippen molar-refractivity contribution in [3.05, 3.63) is 23.8 Å². The number of anilines is 1. The summed E-state index contributed by atoms with van der Waals surface area (Å²) < 4.78 is 5.24. The van der Waals surface area contributed by atoms with Gasteiger partial charge in [-0.25, -0.2) is 0 Å². The van der Waals surface area contributed by atoms with Gasteiger partial charge in [0, 0.05) is 12.2 Å². The van der Waals surface area contributed by atoms with Crippen LogP contribution in [0.3, 0.4) is 0 Å². The fourth-order valence-electron chi connectivity index (χ4n) is 3.03. The average molecular weight is 289 g/mol. The normalized spacial score (nSPS) is 24.0. The van der Waals surface area contributed by atoms with Crippen molar-refractivity contribution >= 4 is 17.6 Å². The lowest BCUT2D eigenvalue weighted by atomic mass is 10.1. The molecule has 1 heterocycles. The molecule has 0 radical (unpaired) electrons. The van der Waals surface area contributed by atoms with Crippen molar-refractivity contribution in [2.75, 3.05) is 18.6 Å². The van der Waals surface area contributed by atoms with Gasteiger partial charge in [-0.15, -0.1) is 0 Å². The number of benzene rings is 1. The SMILES string of the molecule is COc1ccc2c(c1)CCCCN2C(=O)C1CC1C(=O)O. The molecular formula is C16H19NO4. The molecule has 1 N–H and O–H groups in total. The highest BCUT2D eigenvalue weighted by atomic mass is 16.5. The topological polar surface area (TPSA) is 66.8 Å². The van der Waals surface area contributed by atoms with Crippen molar-refractivity contribution in [1.29, 1.82) is 0 Å². The van der Waals surface area contributed by atoms with Crippen LogP contribution in [0.1, 0.15) is 24.8 Å². The molecule has 1 aromatic rings. The summed E-state index contributed by atoms with van der Waals surface area (Å²) in [6, 6.07) is 5.74. The molecule has 2 unspecified atom stereocenters. The van der Waals surface area contributed by atoms with E-state index in [-0.39, 0.29) is 11.8 Å². The second-order valence-electron chi connectivity index (χ2n) is 5.73. The standard InChI is InChI=1S/C16H19NO4/c1-21-11-5-6-14-10(8-11)4-2-3-7-17(14)15(18)12-9-13(12)16(19)20/h5-6,8,12-13H,2-4,7,9H2,1H3,(H,19,20). The summed E-state index contributed by atoms with van der Waals surface area (Å²) in [5.74, 6) is -0.968. The number of hydrogen-bond donors (Lipinski definition) is 1. The number of ether oxygens (including phenoxy) is 1. The van der Waals surface area contributed by atoms with E-state index in [4.69, 9.17) is 9.84 Å². The monoisotopic (exact) mass is 289 g/mol. The fourth-order valence-corrected chi connectivity index (χ4v) is 3.03. The van der Waals surface area contributed by atoms with E-state index in [0.29, 0.717) is 13.0 Å². The van der Waals surface area contributed by atoms with E-state index in [2.05, 4.69) is 0 Å². The Hall–Kier alpha value is -2.04. The second kappa shape index (κ2) is 5.39. The summed E-state index contributed by atoms with van der Waals surface area (Å²) in [5.41, 5.74) is 2.02. The predicted octanol–water partition coefficient (Wildman–Crippen LogP) is 2.09. The minimum absolute atomic E-state index is 0.0456. The molecule has 1 fully saturated rings. The van der Waals surface area contributed by atoms with E-state index in [1.165, 1.54) is 0 Å². The minimum Gasteiger partial charge on any atom is -0.497 e. The van der Waals surface area contributed by atoms with E-state index in [1.807, 2.05) is 18.2 Å². The van der Waals surface area contributed by atoms with E-state index >= 15 is 0 Å². The summed E-state index contributed by atoms with van der Waals surface area (Å²) in [6.45, 7) is 0.668. The van der Waals surface area contributed by atoms with Crippen LogP contribution in [0.25, 0.3) is 0 Å². The zero-order valence-electron chi connectivity index (χ0n) is 12.0. The number of carbonyl (C=O) groups is 2. The van der Waals surface area contributed by atoms with Crippen LogP contribution in [0.4, 0.5) is 5.69 Å². The first-order chi connectivity index (χ1) is 10.1. The Labute approximate surface area is 123 Å². The largest absolute Gasteiger partial charge is 0.497 e. The number of aryl methyl sites for hydroxylation is 1. The molecule has 3 rings (SSSR count). The van der Waals surface area contributed by atoms with Gasteiger partial charge in [-0.3, -0.25) is 9.59 Å². The number of hydrogen-bond acceptors (Lipinski definition) is 3. The number of carbonyl (C=O) groups excluding carboxylic acids is 1. The Balaban J connectivity index is 1.87. The fraction of sp³-hybridized carbons (Fsp3) is 0.500. The molecule has 0 saturated heterocycles. The lowest BCUT2D eigenvalue weighted by molar-refractivity contribution is -0.140. The van der Waals surface area contributed by atoms with Gasteiger partial charge in [-0.2, -0.15) is 0 Å². The molecule has 1 aliphatic carbocycles. The second-order valence-corrected chi connectivity index (χ2v) is 5.73. The Bertz CT molecular complexity index is 584.